The van der Waals surface area contributed by atoms with Crippen molar-refractivity contribution in [1.29, 1.82) is 0 Å². The first-order chi connectivity index (χ1) is 6.57. The Bertz CT molecular complexity index is 238. The molecular weight excluding hydrogens is 290 g/mol. The van der Waals surface area contributed by atoms with Gasteiger partial charge in [0.05, 0.1) is 0 Å². The van der Waals surface area contributed by atoms with Crippen LogP contribution in [0, 0.1) is 0 Å². The molecule has 0 aromatic rings. The molecule has 0 N–H and O–H groups in total. The van der Waals surface area contributed by atoms with Gasteiger partial charge < -0.3 is 0 Å². The van der Waals surface area contributed by atoms with Gasteiger partial charge in [-0.15, -0.1) is 0 Å². The first kappa shape index (κ1) is 12.6. The summed E-state index contributed by atoms with van der Waals surface area (Å²) in [7, 11) is 0. The van der Waals surface area contributed by atoms with E-state index < -0.39 is 5.79 Å². The normalized spacial score (nSPS) is 28.9. The van der Waals surface area contributed by atoms with Crippen molar-refractivity contribution in [2.75, 3.05) is 13.2 Å². The van der Waals surface area contributed by atoms with Crippen molar-refractivity contribution in [3.63, 3.8) is 0 Å². The van der Waals surface area contributed by atoms with Crippen LogP contribution in [0.15, 0.2) is 20.0 Å². The molecule has 1 saturated heterocycles. The molecule has 0 aromatic heterocycles. The maximum atomic E-state index is 5.68. The summed E-state index contributed by atoms with van der Waals surface area (Å²) in [5.41, 5.74) is 3.14. The molecule has 0 amide bonds. The van der Waals surface area contributed by atoms with E-state index in [1.54, 1.807) is 11.1 Å². The maximum absolute atomic E-state index is 5.68. The molecule has 0 saturated carbocycles. The Kier molecular flexibility index (Phi) is 4.98. The molecule has 14 heavy (non-hydrogen) atoms. The summed E-state index contributed by atoms with van der Waals surface area (Å²) in [6.07, 6.45) is 0. The molecule has 0 aliphatic carbocycles. The van der Waals surface area contributed by atoms with Gasteiger partial charge in [-0.2, -0.15) is 0 Å². The Hall–Kier alpha value is 0.499. The molecule has 1 fully saturated rings. The van der Waals surface area contributed by atoms with Crippen LogP contribution in [-0.2, 0) is 9.47 Å². The van der Waals surface area contributed by atoms with Crippen molar-refractivity contribution < 1.29 is 9.47 Å². The Morgan fingerprint density at radius 2 is 1.57 bits per heavy atom. The topological polar surface area (TPSA) is 18.5 Å². The zero-order valence-corrected chi connectivity index (χ0v) is 11.3. The summed E-state index contributed by atoms with van der Waals surface area (Å²) >= 11 is 11.5. The van der Waals surface area contributed by atoms with E-state index in [1.165, 1.54) is 0 Å². The Morgan fingerprint density at radius 3 is 1.93 bits per heavy atom. The van der Waals surface area contributed by atoms with Crippen molar-refractivity contribution in [2.24, 2.45) is 0 Å². The van der Waals surface area contributed by atoms with E-state index in [4.69, 9.17) is 32.7 Å². The summed E-state index contributed by atoms with van der Waals surface area (Å²) in [5.74, 6) is -0.577. The van der Waals surface area contributed by atoms with E-state index in [2.05, 4.69) is 0 Å². The molecule has 1 aliphatic heterocycles. The van der Waals surface area contributed by atoms with Gasteiger partial charge in [0.25, 0.3) is 0 Å². The summed E-state index contributed by atoms with van der Waals surface area (Å²) in [6.45, 7) is 4.77. The second kappa shape index (κ2) is 5.55. The van der Waals surface area contributed by atoms with Crippen LogP contribution in [0.1, 0.15) is 13.8 Å². The molecule has 1 aliphatic rings. The first-order valence-corrected chi connectivity index (χ1v) is 6.70. The van der Waals surface area contributed by atoms with E-state index in [1.807, 2.05) is 13.8 Å². The minimum atomic E-state index is -0.577. The Morgan fingerprint density at radius 1 is 1.14 bits per heavy atom. The number of ether oxygens (including phenoxy) is 2. The molecule has 0 bridgehead atoms. The van der Waals surface area contributed by atoms with E-state index in [0.29, 0.717) is 13.2 Å². The molecule has 2 nitrogen and oxygen atoms in total. The van der Waals surface area contributed by atoms with Crippen molar-refractivity contribution in [3.05, 3.63) is 20.0 Å². The van der Waals surface area contributed by atoms with Gasteiger partial charge in [-0.1, -0.05) is 0 Å². The summed E-state index contributed by atoms with van der Waals surface area (Å²) in [5, 5.41) is 0. The SMILES string of the molecule is CC1(C)OC/C(=C/Cl)[Se]/C(=C\Cl)CO1. The third kappa shape index (κ3) is 3.93. The van der Waals surface area contributed by atoms with Gasteiger partial charge in [0.2, 0.25) is 0 Å². The van der Waals surface area contributed by atoms with Crippen molar-refractivity contribution in [1.82, 2.24) is 0 Å². The van der Waals surface area contributed by atoms with E-state index in [0.717, 1.165) is 8.94 Å². The zero-order valence-electron chi connectivity index (χ0n) is 8.05. The quantitative estimate of drug-likeness (QED) is 0.641. The van der Waals surface area contributed by atoms with Crippen molar-refractivity contribution in [2.45, 2.75) is 19.6 Å². The number of hydrogen-bond acceptors (Lipinski definition) is 2. The average Bonchev–Trinajstić information content (AvgIpc) is 2.14. The second-order valence-electron chi connectivity index (χ2n) is 3.23. The van der Waals surface area contributed by atoms with Crippen LogP contribution in [0.25, 0.3) is 0 Å². The van der Waals surface area contributed by atoms with Gasteiger partial charge in [-0.3, -0.25) is 0 Å². The molecule has 1 heterocycles. The fourth-order valence-corrected chi connectivity index (χ4v) is 2.84. The van der Waals surface area contributed by atoms with E-state index >= 15 is 0 Å². The van der Waals surface area contributed by atoms with Crippen LogP contribution in [0.4, 0.5) is 0 Å². The fraction of sp³-hybridized carbons (Fsp3) is 0.556. The zero-order chi connectivity index (χ0) is 10.6. The van der Waals surface area contributed by atoms with Gasteiger partial charge in [0, 0.05) is 0 Å². The molecule has 5 heteroatoms. The fourth-order valence-electron chi connectivity index (χ4n) is 0.866. The standard InChI is InChI=1S/C9H12Cl2O2Se/c1-9(2)12-5-7(3-10)14-8(4-11)6-13-9/h3-4H,5-6H2,1-2H3/b7-3-,8-4-. The monoisotopic (exact) mass is 302 g/mol. The molecule has 0 aromatic carbocycles. The molecule has 0 unspecified atom stereocenters. The van der Waals surface area contributed by atoms with Gasteiger partial charge in [-0.25, -0.2) is 0 Å². The Balaban J connectivity index is 2.74. The van der Waals surface area contributed by atoms with E-state index in [-0.39, 0.29) is 15.0 Å². The molecular formula is C9H12Cl2O2Se. The van der Waals surface area contributed by atoms with Gasteiger partial charge in [0.1, 0.15) is 0 Å². The van der Waals surface area contributed by atoms with Crippen LogP contribution in [0.3, 0.4) is 0 Å². The van der Waals surface area contributed by atoms with Gasteiger partial charge >= 0.3 is 100 Å². The Labute approximate surface area is 100 Å². The molecule has 0 spiro atoms. The number of halogens is 2. The average molecular weight is 302 g/mol. The van der Waals surface area contributed by atoms with E-state index in [9.17, 15) is 0 Å². The summed E-state index contributed by atoms with van der Waals surface area (Å²) in [4.78, 5) is 0. The van der Waals surface area contributed by atoms with Crippen LogP contribution in [0.2, 0.25) is 0 Å². The molecule has 80 valence electrons. The third-order valence-corrected chi connectivity index (χ3v) is 4.83. The minimum absolute atomic E-state index is 0.139. The first-order valence-electron chi connectivity index (χ1n) is 4.11. The van der Waals surface area contributed by atoms with Crippen LogP contribution < -0.4 is 0 Å². The van der Waals surface area contributed by atoms with Crippen LogP contribution >= 0.6 is 23.2 Å². The van der Waals surface area contributed by atoms with Crippen molar-refractivity contribution in [3.8, 4) is 0 Å². The molecule has 1 rings (SSSR count). The van der Waals surface area contributed by atoms with Crippen LogP contribution in [0.5, 0.6) is 0 Å². The number of hydrogen-bond donors (Lipinski definition) is 0. The van der Waals surface area contributed by atoms with Crippen LogP contribution in [-0.4, -0.2) is 34.0 Å². The third-order valence-electron chi connectivity index (χ3n) is 1.63. The predicted octanol–water partition coefficient (Wildman–Crippen LogP) is 2.63. The summed E-state index contributed by atoms with van der Waals surface area (Å²) in [6, 6.07) is 0. The predicted molar refractivity (Wildman–Crippen MR) is 59.6 cm³/mol. The number of rotatable bonds is 0. The van der Waals surface area contributed by atoms with Crippen molar-refractivity contribution >= 4 is 38.2 Å². The summed E-state index contributed by atoms with van der Waals surface area (Å²) < 4.78 is 13.2. The second-order valence-corrected chi connectivity index (χ2v) is 6.30. The van der Waals surface area contributed by atoms with Gasteiger partial charge in [0.15, 0.2) is 0 Å². The van der Waals surface area contributed by atoms with Gasteiger partial charge in [-0.05, 0) is 0 Å². The molecule has 0 radical (unpaired) electrons. The molecule has 0 atom stereocenters.